The zero-order valence-corrected chi connectivity index (χ0v) is 16.8. The van der Waals surface area contributed by atoms with Gasteiger partial charge in [-0.25, -0.2) is 4.98 Å². The highest BCUT2D eigenvalue weighted by molar-refractivity contribution is 7.99. The molecule has 0 aliphatic carbocycles. The fourth-order valence-corrected chi connectivity index (χ4v) is 3.39. The zero-order chi connectivity index (χ0) is 19.1. The summed E-state index contributed by atoms with van der Waals surface area (Å²) in [5.74, 6) is 0.217. The molecule has 2 rings (SSSR count). The molecule has 1 amide bonds. The van der Waals surface area contributed by atoms with Crippen LogP contribution in [0.3, 0.4) is 0 Å². The summed E-state index contributed by atoms with van der Waals surface area (Å²) < 4.78 is 1.70. The van der Waals surface area contributed by atoms with Crippen LogP contribution in [0.2, 0.25) is 0 Å². The summed E-state index contributed by atoms with van der Waals surface area (Å²) in [6, 6.07) is 7.51. The highest BCUT2D eigenvalue weighted by Gasteiger charge is 2.14. The SMILES string of the molecule is CC[C@@H](C)NC(=O)CSc1nc2ccccc2c(=O)n1CCCN(C)C. The van der Waals surface area contributed by atoms with Crippen molar-refractivity contribution in [3.05, 3.63) is 34.6 Å². The normalized spacial score (nSPS) is 12.5. The van der Waals surface area contributed by atoms with Crippen molar-refractivity contribution in [3.63, 3.8) is 0 Å². The van der Waals surface area contributed by atoms with Crippen LogP contribution in [-0.4, -0.2) is 52.8 Å². The molecule has 142 valence electrons. The molecule has 1 aromatic carbocycles. The number of rotatable bonds is 9. The number of benzene rings is 1. The molecule has 0 aliphatic rings. The van der Waals surface area contributed by atoms with Crippen LogP contribution in [0.25, 0.3) is 10.9 Å². The standard InChI is InChI=1S/C19H28N4O2S/c1-5-14(2)20-17(24)13-26-19-21-16-10-7-6-9-15(16)18(25)23(19)12-8-11-22(3)4/h6-7,9-10,14H,5,8,11-13H2,1-4H3,(H,20,24)/t14-/m1/s1. The minimum absolute atomic E-state index is 0.0356. The van der Waals surface area contributed by atoms with Crippen molar-refractivity contribution in [1.82, 2.24) is 19.8 Å². The van der Waals surface area contributed by atoms with Crippen LogP contribution in [0, 0.1) is 0 Å². The molecule has 1 heterocycles. The van der Waals surface area contributed by atoms with E-state index in [1.165, 1.54) is 11.8 Å². The van der Waals surface area contributed by atoms with Crippen molar-refractivity contribution >= 4 is 28.6 Å². The smallest absolute Gasteiger partial charge is 0.262 e. The Hall–Kier alpha value is -1.86. The van der Waals surface area contributed by atoms with Gasteiger partial charge < -0.3 is 10.2 Å². The van der Waals surface area contributed by atoms with Crippen molar-refractivity contribution < 1.29 is 4.79 Å². The molecule has 2 aromatic rings. The molecule has 1 N–H and O–H groups in total. The topological polar surface area (TPSA) is 67.2 Å². The lowest BCUT2D eigenvalue weighted by atomic mass is 10.2. The fraction of sp³-hybridized carbons (Fsp3) is 0.526. The Kier molecular flexibility index (Phi) is 7.66. The summed E-state index contributed by atoms with van der Waals surface area (Å²) in [6.45, 7) is 5.49. The zero-order valence-electron chi connectivity index (χ0n) is 16.0. The van der Waals surface area contributed by atoms with Crippen molar-refractivity contribution in [2.75, 3.05) is 26.4 Å². The predicted octanol–water partition coefficient (Wildman–Crippen LogP) is 2.36. The van der Waals surface area contributed by atoms with E-state index in [1.807, 2.05) is 46.1 Å². The van der Waals surface area contributed by atoms with Crippen LogP contribution in [0.15, 0.2) is 34.2 Å². The maximum absolute atomic E-state index is 12.9. The van der Waals surface area contributed by atoms with Gasteiger partial charge in [0.15, 0.2) is 5.16 Å². The monoisotopic (exact) mass is 376 g/mol. The van der Waals surface area contributed by atoms with E-state index in [0.717, 1.165) is 19.4 Å². The van der Waals surface area contributed by atoms with E-state index in [1.54, 1.807) is 10.6 Å². The van der Waals surface area contributed by atoms with Gasteiger partial charge in [-0.1, -0.05) is 30.8 Å². The maximum Gasteiger partial charge on any atom is 0.262 e. The van der Waals surface area contributed by atoms with Crippen molar-refractivity contribution in [2.24, 2.45) is 0 Å². The number of thioether (sulfide) groups is 1. The molecule has 0 unspecified atom stereocenters. The third-order valence-electron chi connectivity index (χ3n) is 4.17. The highest BCUT2D eigenvalue weighted by Crippen LogP contribution is 2.18. The average Bonchev–Trinajstić information content (AvgIpc) is 2.61. The van der Waals surface area contributed by atoms with Crippen LogP contribution in [0.4, 0.5) is 0 Å². The van der Waals surface area contributed by atoms with Gasteiger partial charge in [0.2, 0.25) is 5.91 Å². The quantitative estimate of drug-likeness (QED) is 0.537. The molecule has 0 spiro atoms. The van der Waals surface area contributed by atoms with E-state index >= 15 is 0 Å². The number of carbonyl (C=O) groups excluding carboxylic acids is 1. The second-order valence-electron chi connectivity index (χ2n) is 6.69. The average molecular weight is 377 g/mol. The van der Waals surface area contributed by atoms with Crippen molar-refractivity contribution in [3.8, 4) is 0 Å². The molecule has 7 heteroatoms. The van der Waals surface area contributed by atoms with Crippen LogP contribution in [0.5, 0.6) is 0 Å². The number of aromatic nitrogens is 2. The first-order valence-corrected chi connectivity index (χ1v) is 9.97. The lowest BCUT2D eigenvalue weighted by Gasteiger charge is -2.15. The molecular weight excluding hydrogens is 348 g/mol. The summed E-state index contributed by atoms with van der Waals surface area (Å²) >= 11 is 1.32. The molecule has 0 radical (unpaired) electrons. The van der Waals surface area contributed by atoms with Gasteiger partial charge in [0.05, 0.1) is 16.7 Å². The maximum atomic E-state index is 12.9. The third-order valence-corrected chi connectivity index (χ3v) is 5.14. The molecular formula is C19H28N4O2S. The molecule has 0 bridgehead atoms. The lowest BCUT2D eigenvalue weighted by Crippen LogP contribution is -2.33. The number of amides is 1. The Morgan fingerprint density at radius 3 is 2.77 bits per heavy atom. The number of hydrogen-bond acceptors (Lipinski definition) is 5. The molecule has 1 aromatic heterocycles. The third kappa shape index (κ3) is 5.57. The number of fused-ring (bicyclic) bond motifs is 1. The minimum Gasteiger partial charge on any atom is -0.353 e. The van der Waals surface area contributed by atoms with E-state index in [2.05, 4.69) is 15.2 Å². The largest absolute Gasteiger partial charge is 0.353 e. The summed E-state index contributed by atoms with van der Waals surface area (Å²) in [7, 11) is 4.02. The Bertz CT molecular complexity index is 804. The molecule has 26 heavy (non-hydrogen) atoms. The summed E-state index contributed by atoms with van der Waals surface area (Å²) in [4.78, 5) is 31.7. The van der Waals surface area contributed by atoms with Gasteiger partial charge >= 0.3 is 0 Å². The first-order chi connectivity index (χ1) is 12.4. The molecule has 0 fully saturated rings. The summed E-state index contributed by atoms with van der Waals surface area (Å²) in [5, 5.41) is 4.17. The van der Waals surface area contributed by atoms with Gasteiger partial charge in [0.1, 0.15) is 0 Å². The molecule has 1 atom stereocenters. The first-order valence-electron chi connectivity index (χ1n) is 8.98. The first kappa shape index (κ1) is 20.5. The number of hydrogen-bond donors (Lipinski definition) is 1. The Labute approximate surface area is 159 Å². The minimum atomic E-state index is -0.0424. The highest BCUT2D eigenvalue weighted by atomic mass is 32.2. The Balaban J connectivity index is 2.24. The van der Waals surface area contributed by atoms with Crippen LogP contribution >= 0.6 is 11.8 Å². The van der Waals surface area contributed by atoms with Crippen molar-refractivity contribution in [2.45, 2.75) is 44.4 Å². The summed E-state index contributed by atoms with van der Waals surface area (Å²) in [6.07, 6.45) is 1.74. The van der Waals surface area contributed by atoms with E-state index < -0.39 is 0 Å². The number of para-hydroxylation sites is 1. The van der Waals surface area contributed by atoms with E-state index in [4.69, 9.17) is 0 Å². The number of nitrogens with one attached hydrogen (secondary N) is 1. The fourth-order valence-electron chi connectivity index (χ4n) is 2.55. The molecule has 0 aliphatic heterocycles. The van der Waals surface area contributed by atoms with Gasteiger partial charge in [-0.2, -0.15) is 0 Å². The summed E-state index contributed by atoms with van der Waals surface area (Å²) in [5.41, 5.74) is 0.630. The van der Waals surface area contributed by atoms with Gasteiger partial charge in [-0.15, -0.1) is 0 Å². The Morgan fingerprint density at radius 2 is 2.08 bits per heavy atom. The van der Waals surface area contributed by atoms with Gasteiger partial charge in [0.25, 0.3) is 5.56 Å². The van der Waals surface area contributed by atoms with Gasteiger partial charge in [-0.05, 0) is 52.5 Å². The lowest BCUT2D eigenvalue weighted by molar-refractivity contribution is -0.119. The van der Waals surface area contributed by atoms with Gasteiger partial charge in [0, 0.05) is 12.6 Å². The molecule has 6 nitrogen and oxygen atoms in total. The predicted molar refractivity (Wildman–Crippen MR) is 108 cm³/mol. The van der Waals surface area contributed by atoms with E-state index in [-0.39, 0.29) is 23.3 Å². The number of carbonyl (C=O) groups is 1. The van der Waals surface area contributed by atoms with E-state index in [9.17, 15) is 9.59 Å². The second kappa shape index (κ2) is 9.73. The second-order valence-corrected chi connectivity index (χ2v) is 7.63. The number of nitrogens with zero attached hydrogens (tertiary/aromatic N) is 3. The van der Waals surface area contributed by atoms with Gasteiger partial charge in [-0.3, -0.25) is 14.2 Å². The Morgan fingerprint density at radius 1 is 1.35 bits per heavy atom. The van der Waals surface area contributed by atoms with Crippen LogP contribution < -0.4 is 10.9 Å². The van der Waals surface area contributed by atoms with Crippen LogP contribution in [-0.2, 0) is 11.3 Å². The van der Waals surface area contributed by atoms with Crippen LogP contribution in [0.1, 0.15) is 26.7 Å². The molecule has 0 saturated carbocycles. The van der Waals surface area contributed by atoms with E-state index in [0.29, 0.717) is 22.6 Å². The molecule has 0 saturated heterocycles. The van der Waals surface area contributed by atoms with Crippen molar-refractivity contribution in [1.29, 1.82) is 0 Å².